The number of carbonyl (C=O) groups is 2. The summed E-state index contributed by atoms with van der Waals surface area (Å²) in [5.74, 6) is -0.422. The number of hydrogen-bond donors (Lipinski definition) is 2. The predicted molar refractivity (Wildman–Crippen MR) is 110 cm³/mol. The van der Waals surface area contributed by atoms with E-state index >= 15 is 0 Å². The molecule has 0 aliphatic carbocycles. The van der Waals surface area contributed by atoms with Crippen LogP contribution in [0, 0.1) is 0 Å². The highest BCUT2D eigenvalue weighted by atomic mass is 35.5. The number of rotatable bonds is 1. The van der Waals surface area contributed by atoms with Crippen LogP contribution in [0.3, 0.4) is 0 Å². The second-order valence-electron chi connectivity index (χ2n) is 8.87. The molecule has 5 nitrogen and oxygen atoms in total. The molecule has 2 aliphatic heterocycles. The zero-order valence-corrected chi connectivity index (χ0v) is 16.9. The molecular weight excluding hydrogens is 362 g/mol. The first-order valence-corrected chi connectivity index (χ1v) is 9.08. The monoisotopic (exact) mass is 387 g/mol. The van der Waals surface area contributed by atoms with Crippen LogP contribution in [0.5, 0.6) is 0 Å². The normalized spacial score (nSPS) is 21.3. The van der Waals surface area contributed by atoms with Crippen molar-refractivity contribution in [3.63, 3.8) is 0 Å². The lowest BCUT2D eigenvalue weighted by molar-refractivity contribution is 0.0370. The third-order valence-corrected chi connectivity index (χ3v) is 5.51. The first-order valence-electron chi connectivity index (χ1n) is 9.08. The van der Waals surface area contributed by atoms with Gasteiger partial charge in [-0.05, 0) is 58.7 Å². The molecule has 0 atom stereocenters. The minimum absolute atomic E-state index is 0. The number of imide groups is 1. The summed E-state index contributed by atoms with van der Waals surface area (Å²) in [7, 11) is 0. The Balaban J connectivity index is 0.00000210. The number of halogens is 1. The Morgan fingerprint density at radius 2 is 1.52 bits per heavy atom. The van der Waals surface area contributed by atoms with Crippen LogP contribution in [0.2, 0.25) is 0 Å². The fourth-order valence-corrected chi connectivity index (χ4v) is 4.92. The highest BCUT2D eigenvalue weighted by Crippen LogP contribution is 2.38. The molecule has 0 unspecified atom stereocenters. The first-order chi connectivity index (χ1) is 12.1. The number of nitrogen functional groups attached to an aromatic ring is 1. The van der Waals surface area contributed by atoms with Gasteiger partial charge < -0.3 is 11.1 Å². The Kier molecular flexibility index (Phi) is 4.52. The number of carbonyl (C=O) groups excluding carboxylic acids is 2. The van der Waals surface area contributed by atoms with Crippen LogP contribution in [-0.4, -0.2) is 33.8 Å². The third kappa shape index (κ3) is 3.09. The van der Waals surface area contributed by atoms with Crippen molar-refractivity contribution in [2.75, 3.05) is 5.73 Å². The Morgan fingerprint density at radius 1 is 0.963 bits per heavy atom. The minimum atomic E-state index is -0.211. The van der Waals surface area contributed by atoms with Crippen molar-refractivity contribution in [1.82, 2.24) is 10.2 Å². The molecule has 0 spiro atoms. The maximum atomic E-state index is 13.3. The minimum Gasteiger partial charge on any atom is -0.398 e. The van der Waals surface area contributed by atoms with E-state index in [4.69, 9.17) is 5.73 Å². The summed E-state index contributed by atoms with van der Waals surface area (Å²) in [5.41, 5.74) is 7.49. The van der Waals surface area contributed by atoms with E-state index in [1.165, 1.54) is 4.90 Å². The van der Waals surface area contributed by atoms with Gasteiger partial charge in [-0.15, -0.1) is 12.4 Å². The average molecular weight is 388 g/mol. The summed E-state index contributed by atoms with van der Waals surface area (Å²) in [6.45, 7) is 8.48. The van der Waals surface area contributed by atoms with Crippen molar-refractivity contribution in [3.8, 4) is 0 Å². The fraction of sp³-hybridized carbons (Fsp3) is 0.429. The largest absolute Gasteiger partial charge is 0.398 e. The van der Waals surface area contributed by atoms with E-state index in [0.29, 0.717) is 22.2 Å². The number of piperidine rings is 1. The van der Waals surface area contributed by atoms with Gasteiger partial charge in [0.05, 0.1) is 0 Å². The van der Waals surface area contributed by atoms with E-state index in [1.807, 2.05) is 12.1 Å². The van der Waals surface area contributed by atoms with Gasteiger partial charge in [-0.2, -0.15) is 0 Å². The van der Waals surface area contributed by atoms with E-state index in [1.54, 1.807) is 18.2 Å². The molecule has 3 N–H and O–H groups in total. The molecule has 27 heavy (non-hydrogen) atoms. The smallest absolute Gasteiger partial charge is 0.261 e. The number of nitrogens with one attached hydrogen (secondary N) is 1. The summed E-state index contributed by atoms with van der Waals surface area (Å²) in [6, 6.07) is 8.86. The van der Waals surface area contributed by atoms with Gasteiger partial charge in [-0.3, -0.25) is 14.5 Å². The van der Waals surface area contributed by atoms with Gasteiger partial charge in [0, 0.05) is 44.7 Å². The van der Waals surface area contributed by atoms with Gasteiger partial charge in [0.2, 0.25) is 0 Å². The topological polar surface area (TPSA) is 75.4 Å². The van der Waals surface area contributed by atoms with Crippen LogP contribution < -0.4 is 11.1 Å². The predicted octanol–water partition coefficient (Wildman–Crippen LogP) is 3.75. The van der Waals surface area contributed by atoms with Gasteiger partial charge in [0.1, 0.15) is 0 Å². The van der Waals surface area contributed by atoms with Crippen LogP contribution in [0.25, 0.3) is 10.8 Å². The summed E-state index contributed by atoms with van der Waals surface area (Å²) >= 11 is 0. The number of benzene rings is 2. The molecule has 144 valence electrons. The maximum Gasteiger partial charge on any atom is 0.261 e. The van der Waals surface area contributed by atoms with E-state index in [2.05, 4.69) is 33.0 Å². The second-order valence-corrected chi connectivity index (χ2v) is 8.87. The van der Waals surface area contributed by atoms with Gasteiger partial charge >= 0.3 is 0 Å². The second kappa shape index (κ2) is 6.21. The average Bonchev–Trinajstić information content (AvgIpc) is 2.51. The van der Waals surface area contributed by atoms with Crippen molar-refractivity contribution in [2.45, 2.75) is 57.7 Å². The quantitative estimate of drug-likeness (QED) is 0.577. The molecular formula is C21H26ClN3O2. The number of nitrogens with two attached hydrogens (primary N) is 1. The molecule has 1 saturated heterocycles. The van der Waals surface area contributed by atoms with Gasteiger partial charge in [-0.1, -0.05) is 12.1 Å². The van der Waals surface area contributed by atoms with Crippen molar-refractivity contribution in [2.24, 2.45) is 0 Å². The summed E-state index contributed by atoms with van der Waals surface area (Å²) in [6.07, 6.45) is 1.46. The van der Waals surface area contributed by atoms with Crippen LogP contribution in [0.1, 0.15) is 61.3 Å². The van der Waals surface area contributed by atoms with Gasteiger partial charge in [0.25, 0.3) is 11.8 Å². The summed E-state index contributed by atoms with van der Waals surface area (Å²) in [5, 5.41) is 5.07. The fourth-order valence-electron chi connectivity index (χ4n) is 4.92. The maximum absolute atomic E-state index is 13.3. The Hall–Kier alpha value is -2.11. The molecule has 2 aromatic rings. The molecule has 0 aromatic heterocycles. The standard InChI is InChI=1S/C21H25N3O2.ClH/c1-20(2)10-12(11-21(3,4)23-20)24-18(25)14-7-5-6-13-16(22)9-8-15(17(13)14)19(24)26;/h5-9,12,23H,10-11,22H2,1-4H3;1H. The Labute approximate surface area is 165 Å². The molecule has 1 fully saturated rings. The van der Waals surface area contributed by atoms with Crippen LogP contribution in [-0.2, 0) is 0 Å². The number of hydrogen-bond acceptors (Lipinski definition) is 4. The molecule has 0 saturated carbocycles. The lowest BCUT2D eigenvalue weighted by atomic mass is 9.78. The van der Waals surface area contributed by atoms with E-state index in [-0.39, 0.29) is 41.3 Å². The van der Waals surface area contributed by atoms with E-state index in [0.717, 1.165) is 18.2 Å². The first kappa shape index (κ1) is 19.6. The van der Waals surface area contributed by atoms with Crippen molar-refractivity contribution in [3.05, 3.63) is 41.5 Å². The molecule has 4 rings (SSSR count). The van der Waals surface area contributed by atoms with Crippen LogP contribution in [0.15, 0.2) is 30.3 Å². The summed E-state index contributed by atoms with van der Waals surface area (Å²) in [4.78, 5) is 28.1. The molecule has 6 heteroatoms. The molecule has 2 aromatic carbocycles. The Morgan fingerprint density at radius 3 is 2.11 bits per heavy atom. The van der Waals surface area contributed by atoms with Crippen LogP contribution in [0.4, 0.5) is 5.69 Å². The zero-order valence-electron chi connectivity index (χ0n) is 16.1. The lowest BCUT2D eigenvalue weighted by Crippen LogP contribution is -2.63. The van der Waals surface area contributed by atoms with Crippen molar-refractivity contribution in [1.29, 1.82) is 0 Å². The molecule has 0 bridgehead atoms. The Bertz CT molecular complexity index is 914. The SMILES string of the molecule is CC1(C)CC(N2C(=O)c3cccc4c(N)ccc(c34)C2=O)CC(C)(C)N1.Cl. The van der Waals surface area contributed by atoms with Crippen molar-refractivity contribution >= 4 is 40.7 Å². The van der Waals surface area contributed by atoms with E-state index in [9.17, 15) is 9.59 Å². The van der Waals surface area contributed by atoms with Gasteiger partial charge in [-0.25, -0.2) is 0 Å². The van der Waals surface area contributed by atoms with Crippen LogP contribution >= 0.6 is 12.4 Å². The molecule has 2 heterocycles. The van der Waals surface area contributed by atoms with E-state index < -0.39 is 0 Å². The molecule has 0 radical (unpaired) electrons. The lowest BCUT2D eigenvalue weighted by Gasteiger charge is -2.49. The zero-order chi connectivity index (χ0) is 18.9. The van der Waals surface area contributed by atoms with Gasteiger partial charge in [0.15, 0.2) is 0 Å². The summed E-state index contributed by atoms with van der Waals surface area (Å²) < 4.78 is 0. The molecule has 2 amide bonds. The molecule has 2 aliphatic rings. The highest BCUT2D eigenvalue weighted by Gasteiger charge is 2.45. The highest BCUT2D eigenvalue weighted by molar-refractivity contribution is 6.26. The van der Waals surface area contributed by atoms with Crippen molar-refractivity contribution < 1.29 is 9.59 Å². The number of nitrogens with zero attached hydrogens (tertiary/aromatic N) is 1. The third-order valence-electron chi connectivity index (χ3n) is 5.51. The number of anilines is 1. The number of amides is 2.